The highest BCUT2D eigenvalue weighted by atomic mass is 79.9. The summed E-state index contributed by atoms with van der Waals surface area (Å²) in [5.41, 5.74) is 4.46. The van der Waals surface area contributed by atoms with Crippen molar-refractivity contribution >= 4 is 38.4 Å². The standard InChI is InChI=1S/C20H15BrN4O/c21-19-16-3-1-2-15(14-6-4-13(10-22)5-7-14)20(16)24-11-17(19)25-9-8-23-18(26)12-25/h1-7,11H,8-9,12H2,(H,23,26). The topological polar surface area (TPSA) is 69.0 Å². The number of para-hydroxylation sites is 1. The molecular formula is C20H15BrN4O. The summed E-state index contributed by atoms with van der Waals surface area (Å²) in [7, 11) is 0. The van der Waals surface area contributed by atoms with Crippen LogP contribution in [0.15, 0.2) is 53.1 Å². The first-order valence-electron chi connectivity index (χ1n) is 8.27. The number of anilines is 1. The minimum Gasteiger partial charge on any atom is -0.358 e. The zero-order chi connectivity index (χ0) is 18.1. The van der Waals surface area contributed by atoms with E-state index in [1.165, 1.54) is 0 Å². The number of halogens is 1. The third kappa shape index (κ3) is 2.91. The number of rotatable bonds is 2. The number of carbonyl (C=O) groups is 1. The average molecular weight is 407 g/mol. The van der Waals surface area contributed by atoms with Gasteiger partial charge in [0.2, 0.25) is 5.91 Å². The van der Waals surface area contributed by atoms with Crippen LogP contribution in [-0.2, 0) is 4.79 Å². The lowest BCUT2D eigenvalue weighted by Gasteiger charge is -2.29. The Labute approximate surface area is 159 Å². The molecule has 2 heterocycles. The van der Waals surface area contributed by atoms with E-state index >= 15 is 0 Å². The third-order valence-corrected chi connectivity index (χ3v) is 5.35. The highest BCUT2D eigenvalue weighted by molar-refractivity contribution is 9.10. The first-order valence-corrected chi connectivity index (χ1v) is 9.06. The van der Waals surface area contributed by atoms with Gasteiger partial charge in [0, 0.05) is 24.0 Å². The van der Waals surface area contributed by atoms with Gasteiger partial charge in [-0.15, -0.1) is 0 Å². The molecule has 1 saturated heterocycles. The van der Waals surface area contributed by atoms with Gasteiger partial charge in [-0.2, -0.15) is 5.26 Å². The van der Waals surface area contributed by atoms with Crippen molar-refractivity contribution in [3.8, 4) is 17.2 Å². The number of amides is 1. The highest BCUT2D eigenvalue weighted by Crippen LogP contribution is 2.36. The zero-order valence-electron chi connectivity index (χ0n) is 13.9. The Bertz CT molecular complexity index is 1040. The maximum Gasteiger partial charge on any atom is 0.239 e. The Morgan fingerprint density at radius 1 is 1.19 bits per heavy atom. The fourth-order valence-electron chi connectivity index (χ4n) is 3.20. The predicted molar refractivity (Wildman–Crippen MR) is 105 cm³/mol. The molecule has 0 radical (unpaired) electrons. The van der Waals surface area contributed by atoms with E-state index in [1.807, 2.05) is 53.6 Å². The number of nitriles is 1. The minimum atomic E-state index is 0.0228. The van der Waals surface area contributed by atoms with Crippen LogP contribution in [0.25, 0.3) is 22.0 Å². The maximum atomic E-state index is 11.7. The highest BCUT2D eigenvalue weighted by Gasteiger charge is 2.20. The van der Waals surface area contributed by atoms with E-state index < -0.39 is 0 Å². The van der Waals surface area contributed by atoms with Crippen LogP contribution in [0.1, 0.15) is 5.56 Å². The minimum absolute atomic E-state index is 0.0228. The predicted octanol–water partition coefficient (Wildman–Crippen LogP) is 3.47. The summed E-state index contributed by atoms with van der Waals surface area (Å²) in [5.74, 6) is 0.0228. The molecule has 1 aliphatic rings. The molecule has 0 saturated carbocycles. The Balaban J connectivity index is 1.81. The van der Waals surface area contributed by atoms with E-state index in [2.05, 4.69) is 27.3 Å². The first-order chi connectivity index (χ1) is 12.7. The van der Waals surface area contributed by atoms with Crippen molar-refractivity contribution in [2.75, 3.05) is 24.5 Å². The molecule has 26 heavy (non-hydrogen) atoms. The Morgan fingerprint density at radius 3 is 2.73 bits per heavy atom. The Hall–Kier alpha value is -2.91. The van der Waals surface area contributed by atoms with E-state index in [0.717, 1.165) is 38.7 Å². The quantitative estimate of drug-likeness (QED) is 0.707. The number of hydrogen-bond donors (Lipinski definition) is 1. The molecule has 1 N–H and O–H groups in total. The molecular weight excluding hydrogens is 392 g/mol. The van der Waals surface area contributed by atoms with Gasteiger partial charge in [0.1, 0.15) is 0 Å². The summed E-state index contributed by atoms with van der Waals surface area (Å²) in [4.78, 5) is 18.4. The molecule has 0 unspecified atom stereocenters. The molecule has 6 heteroatoms. The van der Waals surface area contributed by atoms with Gasteiger partial charge in [-0.25, -0.2) is 0 Å². The van der Waals surface area contributed by atoms with Gasteiger partial charge in [-0.3, -0.25) is 9.78 Å². The van der Waals surface area contributed by atoms with Crippen molar-refractivity contribution < 1.29 is 4.79 Å². The van der Waals surface area contributed by atoms with Crippen LogP contribution in [0.2, 0.25) is 0 Å². The lowest BCUT2D eigenvalue weighted by atomic mass is 10.0. The number of pyridine rings is 1. The molecule has 0 bridgehead atoms. The van der Waals surface area contributed by atoms with Gasteiger partial charge >= 0.3 is 0 Å². The van der Waals surface area contributed by atoms with E-state index in [9.17, 15) is 4.79 Å². The van der Waals surface area contributed by atoms with Crippen LogP contribution in [0, 0.1) is 11.3 Å². The largest absolute Gasteiger partial charge is 0.358 e. The summed E-state index contributed by atoms with van der Waals surface area (Å²) >= 11 is 3.71. The SMILES string of the molecule is N#Cc1ccc(-c2cccc3c(Br)c(N4CCNC(=O)C4)cnc23)cc1. The van der Waals surface area contributed by atoms with Crippen molar-refractivity contribution in [2.45, 2.75) is 0 Å². The van der Waals surface area contributed by atoms with Gasteiger partial charge in [0.05, 0.1) is 40.1 Å². The van der Waals surface area contributed by atoms with Crippen molar-refractivity contribution in [1.29, 1.82) is 5.26 Å². The lowest BCUT2D eigenvalue weighted by molar-refractivity contribution is -0.120. The van der Waals surface area contributed by atoms with Gasteiger partial charge in [-0.05, 0) is 33.6 Å². The van der Waals surface area contributed by atoms with Gasteiger partial charge < -0.3 is 10.2 Å². The number of benzene rings is 2. The number of piperazine rings is 1. The normalized spacial score (nSPS) is 14.2. The summed E-state index contributed by atoms with van der Waals surface area (Å²) in [5, 5.41) is 12.8. The van der Waals surface area contributed by atoms with Crippen LogP contribution in [0.5, 0.6) is 0 Å². The summed E-state index contributed by atoms with van der Waals surface area (Å²) in [6, 6.07) is 15.7. The lowest BCUT2D eigenvalue weighted by Crippen LogP contribution is -2.47. The fourth-order valence-corrected chi connectivity index (χ4v) is 3.88. The average Bonchev–Trinajstić information content (AvgIpc) is 2.68. The van der Waals surface area contributed by atoms with Crippen LogP contribution in [0.4, 0.5) is 5.69 Å². The molecule has 1 fully saturated rings. The second kappa shape index (κ2) is 6.77. The molecule has 0 aliphatic carbocycles. The molecule has 0 spiro atoms. The van der Waals surface area contributed by atoms with Crippen molar-refractivity contribution in [2.24, 2.45) is 0 Å². The number of nitrogens with one attached hydrogen (secondary N) is 1. The summed E-state index contributed by atoms with van der Waals surface area (Å²) in [6.07, 6.45) is 1.82. The van der Waals surface area contributed by atoms with Crippen LogP contribution in [0.3, 0.4) is 0 Å². The molecule has 5 nitrogen and oxygen atoms in total. The number of fused-ring (bicyclic) bond motifs is 1. The number of carbonyl (C=O) groups excluding carboxylic acids is 1. The van der Waals surface area contributed by atoms with E-state index in [-0.39, 0.29) is 5.91 Å². The number of nitrogens with zero attached hydrogens (tertiary/aromatic N) is 3. The molecule has 2 aromatic carbocycles. The summed E-state index contributed by atoms with van der Waals surface area (Å²) < 4.78 is 0.938. The van der Waals surface area contributed by atoms with Crippen molar-refractivity contribution in [3.63, 3.8) is 0 Å². The molecule has 1 aliphatic heterocycles. The zero-order valence-corrected chi connectivity index (χ0v) is 15.5. The van der Waals surface area contributed by atoms with Crippen LogP contribution < -0.4 is 10.2 Å². The molecule has 1 aromatic heterocycles. The van der Waals surface area contributed by atoms with E-state index in [1.54, 1.807) is 0 Å². The molecule has 1 amide bonds. The van der Waals surface area contributed by atoms with E-state index in [0.29, 0.717) is 18.7 Å². The maximum absolute atomic E-state index is 11.7. The van der Waals surface area contributed by atoms with Gasteiger partial charge in [-0.1, -0.05) is 30.3 Å². The van der Waals surface area contributed by atoms with Gasteiger partial charge in [0.15, 0.2) is 0 Å². The Kier molecular flexibility index (Phi) is 4.31. The third-order valence-electron chi connectivity index (χ3n) is 4.52. The second-order valence-corrected chi connectivity index (χ2v) is 6.91. The van der Waals surface area contributed by atoms with Gasteiger partial charge in [0.25, 0.3) is 0 Å². The van der Waals surface area contributed by atoms with Crippen LogP contribution in [-0.4, -0.2) is 30.5 Å². The van der Waals surface area contributed by atoms with Crippen molar-refractivity contribution in [1.82, 2.24) is 10.3 Å². The fraction of sp³-hybridized carbons (Fsp3) is 0.150. The Morgan fingerprint density at radius 2 is 2.00 bits per heavy atom. The van der Waals surface area contributed by atoms with E-state index in [4.69, 9.17) is 10.2 Å². The molecule has 128 valence electrons. The molecule has 3 aromatic rings. The van der Waals surface area contributed by atoms with Crippen LogP contribution >= 0.6 is 15.9 Å². The second-order valence-electron chi connectivity index (χ2n) is 6.12. The smallest absolute Gasteiger partial charge is 0.239 e. The van der Waals surface area contributed by atoms with Crippen molar-refractivity contribution in [3.05, 3.63) is 58.7 Å². The molecule has 4 rings (SSSR count). The first kappa shape index (κ1) is 16.6. The summed E-state index contributed by atoms with van der Waals surface area (Å²) in [6.45, 7) is 1.72. The number of hydrogen-bond acceptors (Lipinski definition) is 4. The number of aromatic nitrogens is 1. The monoisotopic (exact) mass is 406 g/mol. The molecule has 0 atom stereocenters.